The zero-order valence-corrected chi connectivity index (χ0v) is 17.7. The number of hydrogen-bond donors (Lipinski definition) is 4. The molecule has 0 saturated heterocycles. The van der Waals surface area contributed by atoms with Gasteiger partial charge in [0.25, 0.3) is 0 Å². The number of aromatic amines is 2. The Bertz CT molecular complexity index is 1630. The number of fused-ring (bicyclic) bond motifs is 1. The third kappa shape index (κ3) is 4.12. The second-order valence-electron chi connectivity index (χ2n) is 7.64. The first kappa shape index (κ1) is 20.0. The normalized spacial score (nSPS) is 15.5. The SMILES string of the molecule is CS(=O)(=O)Nc1cccc(-c2cc(=NC3CC3)n3nc/c(=C\c4[nH]c(=O)[nH]c4O)c3n2)c1. The van der Waals surface area contributed by atoms with E-state index in [-0.39, 0.29) is 17.6 Å². The fourth-order valence-electron chi connectivity index (χ4n) is 3.30. The van der Waals surface area contributed by atoms with E-state index in [1.807, 2.05) is 6.07 Å². The Morgan fingerprint density at radius 2 is 2.09 bits per heavy atom. The number of nitrogens with one attached hydrogen (secondary N) is 3. The largest absolute Gasteiger partial charge is 0.493 e. The van der Waals surface area contributed by atoms with Gasteiger partial charge in [-0.1, -0.05) is 12.1 Å². The van der Waals surface area contributed by atoms with Crippen molar-refractivity contribution in [1.82, 2.24) is 24.6 Å². The number of aromatic nitrogens is 5. The Hall–Kier alpha value is -3.93. The van der Waals surface area contributed by atoms with Gasteiger partial charge in [0, 0.05) is 22.5 Å². The van der Waals surface area contributed by atoms with Crippen LogP contribution in [-0.2, 0) is 10.0 Å². The van der Waals surface area contributed by atoms with E-state index in [4.69, 9.17) is 9.98 Å². The fraction of sp³-hybridized carbons (Fsp3) is 0.200. The lowest BCUT2D eigenvalue weighted by molar-refractivity contribution is 0.454. The number of sulfonamides is 1. The predicted octanol–water partition coefficient (Wildman–Crippen LogP) is 0.101. The molecule has 1 saturated carbocycles. The van der Waals surface area contributed by atoms with Gasteiger partial charge in [-0.3, -0.25) is 14.7 Å². The van der Waals surface area contributed by atoms with Gasteiger partial charge >= 0.3 is 5.69 Å². The van der Waals surface area contributed by atoms with Crippen molar-refractivity contribution in [3.05, 3.63) is 63.4 Å². The summed E-state index contributed by atoms with van der Waals surface area (Å²) in [5.74, 6) is -0.284. The summed E-state index contributed by atoms with van der Waals surface area (Å²) in [6, 6.07) is 8.93. The molecule has 12 heteroatoms. The summed E-state index contributed by atoms with van der Waals surface area (Å²) in [4.78, 5) is 25.7. The van der Waals surface area contributed by atoms with Crippen LogP contribution in [0.4, 0.5) is 5.69 Å². The van der Waals surface area contributed by atoms with Crippen molar-refractivity contribution in [3.63, 3.8) is 0 Å². The van der Waals surface area contributed by atoms with Gasteiger partial charge in [0.1, 0.15) is 5.69 Å². The Labute approximate surface area is 181 Å². The maximum Gasteiger partial charge on any atom is 0.326 e. The summed E-state index contributed by atoms with van der Waals surface area (Å²) in [5, 5.41) is 14.9. The molecule has 0 radical (unpaired) electrons. The highest BCUT2D eigenvalue weighted by atomic mass is 32.2. The van der Waals surface area contributed by atoms with Crippen LogP contribution < -0.4 is 21.1 Å². The van der Waals surface area contributed by atoms with Crippen molar-refractivity contribution in [1.29, 1.82) is 0 Å². The molecule has 0 bridgehead atoms. The summed E-state index contributed by atoms with van der Waals surface area (Å²) in [7, 11) is -3.42. The molecule has 11 nitrogen and oxygen atoms in total. The van der Waals surface area contributed by atoms with E-state index < -0.39 is 15.7 Å². The summed E-state index contributed by atoms with van der Waals surface area (Å²) in [6.45, 7) is 0. The summed E-state index contributed by atoms with van der Waals surface area (Å²) in [5.41, 5.74) is 2.46. The van der Waals surface area contributed by atoms with Crippen LogP contribution in [0, 0.1) is 0 Å². The minimum absolute atomic E-state index is 0.206. The fourth-order valence-corrected chi connectivity index (χ4v) is 3.86. The standard InChI is InChI=1S/C20H19N7O4S/c1-32(30,31)26-14-4-2-3-11(7-14)15-9-17(22-13-5-6-13)27-18(23-15)12(10-21-27)8-16-19(28)25-20(29)24-16/h2-4,7-10,13,26,28H,5-6H2,1H3,(H2,24,25,29)/b12-8+,22-17?. The van der Waals surface area contributed by atoms with Crippen LogP contribution >= 0.6 is 0 Å². The number of hydrogen-bond acceptors (Lipinski definition) is 7. The van der Waals surface area contributed by atoms with Gasteiger partial charge in [-0.2, -0.15) is 9.61 Å². The number of benzene rings is 1. The van der Waals surface area contributed by atoms with Crippen molar-refractivity contribution in [2.24, 2.45) is 4.99 Å². The van der Waals surface area contributed by atoms with E-state index in [2.05, 4.69) is 19.8 Å². The molecule has 5 rings (SSSR count). The topological polar surface area (TPSA) is 158 Å². The highest BCUT2D eigenvalue weighted by molar-refractivity contribution is 7.92. The molecule has 0 amide bonds. The smallest absolute Gasteiger partial charge is 0.326 e. The molecule has 3 aromatic heterocycles. The Morgan fingerprint density at radius 3 is 2.78 bits per heavy atom. The van der Waals surface area contributed by atoms with Gasteiger partial charge in [0.2, 0.25) is 15.9 Å². The molecule has 1 aliphatic carbocycles. The zero-order valence-electron chi connectivity index (χ0n) is 16.9. The summed E-state index contributed by atoms with van der Waals surface area (Å²) >= 11 is 0. The molecule has 1 aliphatic rings. The summed E-state index contributed by atoms with van der Waals surface area (Å²) < 4.78 is 27.3. The van der Waals surface area contributed by atoms with Gasteiger partial charge in [-0.05, 0) is 31.1 Å². The van der Waals surface area contributed by atoms with Crippen molar-refractivity contribution >= 4 is 27.4 Å². The van der Waals surface area contributed by atoms with Crippen LogP contribution in [-0.4, -0.2) is 50.4 Å². The van der Waals surface area contributed by atoms with E-state index in [1.165, 1.54) is 0 Å². The van der Waals surface area contributed by atoms with Crippen LogP contribution in [0.2, 0.25) is 0 Å². The molecule has 0 aliphatic heterocycles. The minimum Gasteiger partial charge on any atom is -0.493 e. The maximum atomic E-state index is 11.6. The first-order valence-electron chi connectivity index (χ1n) is 9.79. The lowest BCUT2D eigenvalue weighted by Crippen LogP contribution is -2.19. The molecule has 1 aromatic carbocycles. The molecular weight excluding hydrogens is 434 g/mol. The number of rotatable bonds is 5. The van der Waals surface area contributed by atoms with E-state index in [1.54, 1.807) is 41.1 Å². The number of H-pyrrole nitrogens is 2. The van der Waals surface area contributed by atoms with Crippen molar-refractivity contribution in [3.8, 4) is 17.1 Å². The highest BCUT2D eigenvalue weighted by Gasteiger charge is 2.20. The third-order valence-corrected chi connectivity index (χ3v) is 5.45. The maximum absolute atomic E-state index is 11.6. The summed E-state index contributed by atoms with van der Waals surface area (Å²) in [6.07, 6.45) is 6.24. The lowest BCUT2D eigenvalue weighted by Gasteiger charge is -2.07. The van der Waals surface area contributed by atoms with E-state index in [9.17, 15) is 18.3 Å². The average Bonchev–Trinajstić information content (AvgIpc) is 3.35. The molecule has 0 atom stereocenters. The highest BCUT2D eigenvalue weighted by Crippen LogP contribution is 2.24. The van der Waals surface area contributed by atoms with Crippen molar-refractivity contribution < 1.29 is 13.5 Å². The predicted molar refractivity (Wildman–Crippen MR) is 117 cm³/mol. The minimum atomic E-state index is -3.42. The first-order chi connectivity index (χ1) is 15.2. The molecule has 4 aromatic rings. The molecule has 1 fully saturated rings. The van der Waals surface area contributed by atoms with Gasteiger partial charge in [0.15, 0.2) is 11.1 Å². The molecular formula is C20H19N7O4S. The third-order valence-electron chi connectivity index (χ3n) is 4.84. The van der Waals surface area contributed by atoms with Gasteiger partial charge < -0.3 is 10.1 Å². The quantitative estimate of drug-likeness (QED) is 0.336. The van der Waals surface area contributed by atoms with E-state index >= 15 is 0 Å². The average molecular weight is 453 g/mol. The molecule has 0 unspecified atom stereocenters. The first-order valence-corrected chi connectivity index (χ1v) is 11.7. The van der Waals surface area contributed by atoms with Crippen LogP contribution in [0.1, 0.15) is 18.5 Å². The second kappa shape index (κ2) is 7.34. The number of nitrogens with zero attached hydrogens (tertiary/aromatic N) is 4. The second-order valence-corrected chi connectivity index (χ2v) is 9.38. The molecule has 164 valence electrons. The molecule has 0 spiro atoms. The lowest BCUT2D eigenvalue weighted by atomic mass is 10.1. The molecule has 3 heterocycles. The molecule has 32 heavy (non-hydrogen) atoms. The number of aromatic hydroxyl groups is 1. The van der Waals surface area contributed by atoms with Gasteiger partial charge in [0.05, 0.1) is 24.2 Å². The van der Waals surface area contributed by atoms with Crippen LogP contribution in [0.25, 0.3) is 23.0 Å². The number of anilines is 1. The van der Waals surface area contributed by atoms with Crippen LogP contribution in [0.15, 0.2) is 46.3 Å². The molecule has 4 N–H and O–H groups in total. The van der Waals surface area contributed by atoms with Crippen molar-refractivity contribution in [2.45, 2.75) is 18.9 Å². The van der Waals surface area contributed by atoms with Gasteiger partial charge in [-0.25, -0.2) is 18.2 Å². The van der Waals surface area contributed by atoms with Crippen LogP contribution in [0.3, 0.4) is 0 Å². The van der Waals surface area contributed by atoms with Crippen LogP contribution in [0.5, 0.6) is 5.88 Å². The van der Waals surface area contributed by atoms with Crippen molar-refractivity contribution in [2.75, 3.05) is 11.0 Å². The zero-order chi connectivity index (χ0) is 22.5. The number of imidazole rings is 1. The Morgan fingerprint density at radius 1 is 1.28 bits per heavy atom. The Kier molecular flexibility index (Phi) is 4.59. The van der Waals surface area contributed by atoms with E-state index in [0.29, 0.717) is 33.3 Å². The van der Waals surface area contributed by atoms with E-state index in [0.717, 1.165) is 19.1 Å². The Balaban J connectivity index is 1.72. The van der Waals surface area contributed by atoms with Gasteiger partial charge in [-0.15, -0.1) is 0 Å². The monoisotopic (exact) mass is 453 g/mol.